The van der Waals surface area contributed by atoms with Crippen LogP contribution in [0, 0.1) is 0 Å². The summed E-state index contributed by atoms with van der Waals surface area (Å²) in [6.07, 6.45) is -0.799. The number of hydrogen-bond donors (Lipinski definition) is 3. The Morgan fingerprint density at radius 3 is 2.19 bits per heavy atom. The molecule has 0 heterocycles. The van der Waals surface area contributed by atoms with Crippen LogP contribution in [0.15, 0.2) is 78.9 Å². The van der Waals surface area contributed by atoms with Crippen molar-refractivity contribution < 1.29 is 23.8 Å². The second-order valence-corrected chi connectivity index (χ2v) is 6.89. The van der Waals surface area contributed by atoms with E-state index < -0.39 is 6.09 Å². The van der Waals surface area contributed by atoms with E-state index in [-0.39, 0.29) is 24.2 Å². The summed E-state index contributed by atoms with van der Waals surface area (Å²) in [5.41, 5.74) is 6.21. The Labute approximate surface area is 190 Å². The van der Waals surface area contributed by atoms with E-state index in [1.807, 2.05) is 48.5 Å². The maximum absolute atomic E-state index is 12.5. The van der Waals surface area contributed by atoms with Gasteiger partial charge in [0.2, 0.25) is 0 Å². The van der Waals surface area contributed by atoms with E-state index in [1.54, 1.807) is 30.3 Å². The molecule has 9 heteroatoms. The van der Waals surface area contributed by atoms with Crippen molar-refractivity contribution in [2.24, 2.45) is 5.73 Å². The third kappa shape index (κ3) is 7.29. The van der Waals surface area contributed by atoms with Gasteiger partial charge >= 0.3 is 6.09 Å². The number of nitrogens with one attached hydrogen (secondary N) is 2. The Morgan fingerprint density at radius 1 is 0.875 bits per heavy atom. The average Bonchev–Trinajstić information content (AvgIpc) is 2.78. The van der Waals surface area contributed by atoms with Gasteiger partial charge in [-0.2, -0.15) is 0 Å². The van der Waals surface area contributed by atoms with Crippen LogP contribution in [0.2, 0.25) is 0 Å². The maximum atomic E-state index is 12.5. The lowest BCUT2D eigenvalue weighted by Crippen LogP contribution is -2.35. The fourth-order valence-corrected chi connectivity index (χ4v) is 2.70. The lowest BCUT2D eigenvalue weighted by Gasteiger charge is -2.14. The summed E-state index contributed by atoms with van der Waals surface area (Å²) in [6.45, 7) is -0.328. The van der Waals surface area contributed by atoms with Gasteiger partial charge in [0, 0.05) is 11.6 Å². The number of para-hydroxylation sites is 2. The molecule has 0 spiro atoms. The van der Waals surface area contributed by atoms with Crippen molar-refractivity contribution in [1.82, 2.24) is 5.32 Å². The number of nitrogens with two attached hydrogens (primary N) is 1. The van der Waals surface area contributed by atoms with Crippen LogP contribution >= 0.6 is 12.2 Å². The Balaban J connectivity index is 1.72. The minimum absolute atomic E-state index is 0.130. The number of alkyl carbamates (subject to hydrolysis) is 1. The molecule has 4 N–H and O–H groups in total. The smallest absolute Gasteiger partial charge is 0.413 e. The molecule has 164 valence electrons. The highest BCUT2D eigenvalue weighted by atomic mass is 32.1. The van der Waals surface area contributed by atoms with Gasteiger partial charge in [-0.25, -0.2) is 4.79 Å². The van der Waals surface area contributed by atoms with Gasteiger partial charge in [-0.05, 0) is 48.6 Å². The van der Waals surface area contributed by atoms with Crippen LogP contribution in [0.1, 0.15) is 5.56 Å². The van der Waals surface area contributed by atoms with Crippen LogP contribution in [0.25, 0.3) is 0 Å². The molecule has 0 aliphatic heterocycles. The average molecular weight is 452 g/mol. The van der Waals surface area contributed by atoms with Gasteiger partial charge in [-0.15, -0.1) is 0 Å². The van der Waals surface area contributed by atoms with E-state index in [0.29, 0.717) is 28.5 Å². The van der Waals surface area contributed by atoms with Crippen molar-refractivity contribution >= 4 is 35.0 Å². The van der Waals surface area contributed by atoms with Crippen LogP contribution in [-0.2, 0) is 16.1 Å². The normalized spacial score (nSPS) is 10.0. The third-order valence-corrected chi connectivity index (χ3v) is 4.13. The summed E-state index contributed by atoms with van der Waals surface area (Å²) in [5.74, 6) is 1.31. The van der Waals surface area contributed by atoms with Crippen LogP contribution < -0.4 is 25.8 Å². The molecule has 0 aliphatic carbocycles. The van der Waals surface area contributed by atoms with E-state index in [9.17, 15) is 9.59 Å². The first-order chi connectivity index (χ1) is 15.5. The van der Waals surface area contributed by atoms with Gasteiger partial charge in [-0.3, -0.25) is 10.1 Å². The molecular weight excluding hydrogens is 430 g/mol. The number of thiocarbonyl (C=S) groups is 1. The molecule has 0 fully saturated rings. The molecule has 0 saturated heterocycles. The zero-order valence-electron chi connectivity index (χ0n) is 16.9. The van der Waals surface area contributed by atoms with Crippen LogP contribution in [0.5, 0.6) is 17.2 Å². The number of ether oxygens (including phenoxy) is 3. The summed E-state index contributed by atoms with van der Waals surface area (Å²) >= 11 is 4.61. The molecule has 0 aromatic heterocycles. The molecule has 3 aromatic carbocycles. The fourth-order valence-electron chi connectivity index (χ4n) is 2.62. The highest BCUT2D eigenvalue weighted by Crippen LogP contribution is 2.27. The van der Waals surface area contributed by atoms with Crippen molar-refractivity contribution in [2.75, 3.05) is 11.9 Å². The van der Waals surface area contributed by atoms with Gasteiger partial charge < -0.3 is 25.3 Å². The molecule has 0 bridgehead atoms. The number of hydrogen-bond acceptors (Lipinski definition) is 6. The molecule has 2 amide bonds. The van der Waals surface area contributed by atoms with Gasteiger partial charge in [0.1, 0.15) is 23.9 Å². The van der Waals surface area contributed by atoms with Gasteiger partial charge in [0.05, 0.1) is 5.69 Å². The number of anilines is 1. The lowest BCUT2D eigenvalue weighted by molar-refractivity contribution is -0.118. The SMILES string of the molecule is NC(=S)NC(=O)OCc1ccc(Oc2ccccc2)cc1NC(=O)COc1ccccc1. The van der Waals surface area contributed by atoms with E-state index >= 15 is 0 Å². The molecule has 8 nitrogen and oxygen atoms in total. The first-order valence-corrected chi connectivity index (χ1v) is 9.97. The Hall–Kier alpha value is -4.11. The Kier molecular flexibility index (Phi) is 7.99. The quantitative estimate of drug-likeness (QED) is 0.444. The largest absolute Gasteiger partial charge is 0.484 e. The summed E-state index contributed by atoms with van der Waals surface area (Å²) in [7, 11) is 0. The van der Waals surface area contributed by atoms with E-state index in [4.69, 9.17) is 19.9 Å². The first-order valence-electron chi connectivity index (χ1n) is 9.56. The molecule has 0 unspecified atom stereocenters. The third-order valence-electron chi connectivity index (χ3n) is 4.03. The minimum Gasteiger partial charge on any atom is -0.484 e. The summed E-state index contributed by atoms with van der Waals surface area (Å²) in [5, 5.41) is 4.74. The first kappa shape index (κ1) is 22.6. The van der Waals surface area contributed by atoms with Crippen molar-refractivity contribution in [3.8, 4) is 17.2 Å². The minimum atomic E-state index is -0.799. The van der Waals surface area contributed by atoms with Crippen LogP contribution in [-0.4, -0.2) is 23.7 Å². The van der Waals surface area contributed by atoms with E-state index in [0.717, 1.165) is 0 Å². The predicted molar refractivity (Wildman–Crippen MR) is 124 cm³/mol. The Bertz CT molecular complexity index is 1080. The van der Waals surface area contributed by atoms with E-state index in [2.05, 4.69) is 22.9 Å². The van der Waals surface area contributed by atoms with Crippen molar-refractivity contribution in [3.63, 3.8) is 0 Å². The molecule has 3 aromatic rings. The molecule has 0 atom stereocenters. The van der Waals surface area contributed by atoms with E-state index in [1.165, 1.54) is 0 Å². The summed E-state index contributed by atoms with van der Waals surface area (Å²) < 4.78 is 16.4. The fraction of sp³-hybridized carbons (Fsp3) is 0.0870. The number of carbonyl (C=O) groups excluding carboxylic acids is 2. The second kappa shape index (κ2) is 11.3. The zero-order chi connectivity index (χ0) is 22.8. The second-order valence-electron chi connectivity index (χ2n) is 6.45. The zero-order valence-corrected chi connectivity index (χ0v) is 17.8. The van der Waals surface area contributed by atoms with Crippen molar-refractivity contribution in [3.05, 3.63) is 84.4 Å². The summed E-state index contributed by atoms with van der Waals surface area (Å²) in [6, 6.07) is 23.2. The molecule has 0 aliphatic rings. The predicted octanol–water partition coefficient (Wildman–Crippen LogP) is 3.97. The number of carbonyl (C=O) groups is 2. The molecule has 0 radical (unpaired) electrons. The van der Waals surface area contributed by atoms with Gasteiger partial charge in [-0.1, -0.05) is 36.4 Å². The molecular formula is C23H21N3O5S. The highest BCUT2D eigenvalue weighted by molar-refractivity contribution is 7.80. The van der Waals surface area contributed by atoms with Gasteiger partial charge in [0.15, 0.2) is 11.7 Å². The lowest BCUT2D eigenvalue weighted by atomic mass is 10.1. The standard InChI is InChI=1S/C23H21N3O5S/c24-22(32)26-23(28)30-14-16-11-12-19(31-18-9-5-2-6-10-18)13-20(16)25-21(27)15-29-17-7-3-1-4-8-17/h1-13H,14-15H2,(H,25,27)(H3,24,26,28,32). The van der Waals surface area contributed by atoms with Crippen molar-refractivity contribution in [1.29, 1.82) is 0 Å². The monoisotopic (exact) mass is 451 g/mol. The maximum Gasteiger partial charge on any atom is 0.413 e. The highest BCUT2D eigenvalue weighted by Gasteiger charge is 2.12. The number of benzene rings is 3. The molecule has 0 saturated carbocycles. The molecule has 32 heavy (non-hydrogen) atoms. The number of amides is 2. The molecule has 3 rings (SSSR count). The van der Waals surface area contributed by atoms with Crippen molar-refractivity contribution in [2.45, 2.75) is 6.61 Å². The van der Waals surface area contributed by atoms with Gasteiger partial charge in [0.25, 0.3) is 5.91 Å². The number of rotatable bonds is 8. The Morgan fingerprint density at radius 2 is 1.53 bits per heavy atom. The topological polar surface area (TPSA) is 112 Å². The van der Waals surface area contributed by atoms with Crippen LogP contribution in [0.4, 0.5) is 10.5 Å². The van der Waals surface area contributed by atoms with Crippen LogP contribution in [0.3, 0.4) is 0 Å². The summed E-state index contributed by atoms with van der Waals surface area (Å²) in [4.78, 5) is 24.2.